The lowest BCUT2D eigenvalue weighted by Gasteiger charge is -2.49. The number of carbonyl (C=O) groups excluding carboxylic acids is 1. The van der Waals surface area contributed by atoms with Crippen LogP contribution in [-0.4, -0.2) is 24.2 Å². The predicted molar refractivity (Wildman–Crippen MR) is 74.8 cm³/mol. The molecule has 2 heterocycles. The van der Waals surface area contributed by atoms with E-state index in [2.05, 4.69) is 13.8 Å². The zero-order valence-corrected chi connectivity index (χ0v) is 13.4. The molecule has 1 unspecified atom stereocenters. The van der Waals surface area contributed by atoms with Crippen molar-refractivity contribution >= 4 is 5.97 Å². The summed E-state index contributed by atoms with van der Waals surface area (Å²) in [4.78, 5) is 23.9. The number of hydrogen-bond acceptors (Lipinski definition) is 5. The molecule has 0 spiro atoms. The van der Waals surface area contributed by atoms with Crippen LogP contribution < -0.4 is 0 Å². The second-order valence-electron chi connectivity index (χ2n) is 7.30. The van der Waals surface area contributed by atoms with Crippen molar-refractivity contribution in [2.75, 3.05) is 6.79 Å². The van der Waals surface area contributed by atoms with Crippen LogP contribution in [0, 0.1) is 23.7 Å². The fourth-order valence-corrected chi connectivity index (χ4v) is 4.45. The molecule has 3 fully saturated rings. The van der Waals surface area contributed by atoms with Gasteiger partial charge in [-0.1, -0.05) is 13.8 Å². The predicted octanol–water partition coefficient (Wildman–Crippen LogP) is 3.03. The lowest BCUT2D eigenvalue weighted by Crippen LogP contribution is -2.54. The van der Waals surface area contributed by atoms with Crippen LogP contribution in [0.25, 0.3) is 0 Å². The molecule has 1 saturated carbocycles. The summed E-state index contributed by atoms with van der Waals surface area (Å²) < 4.78 is 10.9. The van der Waals surface area contributed by atoms with Gasteiger partial charge in [-0.05, 0) is 44.9 Å². The molecular weight excluding hydrogens is 272 g/mol. The summed E-state index contributed by atoms with van der Waals surface area (Å²) in [6.07, 6.45) is 3.80. The van der Waals surface area contributed by atoms with Gasteiger partial charge in [-0.15, -0.1) is 0 Å². The third kappa shape index (κ3) is 2.49. The van der Waals surface area contributed by atoms with Crippen LogP contribution in [0.2, 0.25) is 0 Å². The SMILES string of the molecule is C[C@@H]1CC[C@H]2[C@@H](C)C(=O)OCO[C@@]3(C)CC[C@@H]1C2(C)OO3. The average molecular weight is 298 g/mol. The molecule has 3 rings (SSSR count). The summed E-state index contributed by atoms with van der Waals surface area (Å²) >= 11 is 0. The molecule has 6 atom stereocenters. The van der Waals surface area contributed by atoms with Gasteiger partial charge in [0.2, 0.25) is 5.79 Å². The van der Waals surface area contributed by atoms with Gasteiger partial charge in [0.25, 0.3) is 0 Å². The van der Waals surface area contributed by atoms with Crippen LogP contribution in [0.4, 0.5) is 0 Å². The monoisotopic (exact) mass is 298 g/mol. The number of fused-ring (bicyclic) bond motifs is 2. The standard InChI is InChI=1S/C16H26O5/c1-10-5-6-13-11(2)14(17)18-9-19-15(3)8-7-12(10)16(13,4)21-20-15/h10-13H,5-9H2,1-4H3/t10-,11-,12+,13+,15-,16?/m1/s1. The minimum Gasteiger partial charge on any atom is -0.438 e. The van der Waals surface area contributed by atoms with E-state index in [1.807, 2.05) is 13.8 Å². The summed E-state index contributed by atoms with van der Waals surface area (Å²) in [7, 11) is 0. The molecule has 0 amide bonds. The van der Waals surface area contributed by atoms with E-state index >= 15 is 0 Å². The molecule has 0 aromatic rings. The maximum atomic E-state index is 12.3. The van der Waals surface area contributed by atoms with Crippen LogP contribution >= 0.6 is 0 Å². The smallest absolute Gasteiger partial charge is 0.311 e. The molecule has 120 valence electrons. The maximum absolute atomic E-state index is 12.3. The van der Waals surface area contributed by atoms with E-state index in [0.29, 0.717) is 11.8 Å². The molecule has 2 saturated heterocycles. The van der Waals surface area contributed by atoms with Crippen LogP contribution in [0.3, 0.4) is 0 Å². The second kappa shape index (κ2) is 5.21. The Hall–Kier alpha value is -0.650. The average Bonchev–Trinajstić information content (AvgIpc) is 2.57. The van der Waals surface area contributed by atoms with Gasteiger partial charge in [-0.2, -0.15) is 0 Å². The Morgan fingerprint density at radius 3 is 2.57 bits per heavy atom. The maximum Gasteiger partial charge on any atom is 0.311 e. The molecule has 21 heavy (non-hydrogen) atoms. The number of esters is 1. The highest BCUT2D eigenvalue weighted by atomic mass is 17.2. The molecule has 2 bridgehead atoms. The Morgan fingerprint density at radius 1 is 1.05 bits per heavy atom. The summed E-state index contributed by atoms with van der Waals surface area (Å²) in [6, 6.07) is 0. The van der Waals surface area contributed by atoms with Crippen molar-refractivity contribution in [3.63, 3.8) is 0 Å². The Labute approximate surface area is 126 Å². The molecular formula is C16H26O5. The van der Waals surface area contributed by atoms with Gasteiger partial charge in [0.15, 0.2) is 6.79 Å². The zero-order valence-electron chi connectivity index (χ0n) is 13.4. The van der Waals surface area contributed by atoms with Gasteiger partial charge in [-0.25, -0.2) is 9.78 Å². The summed E-state index contributed by atoms with van der Waals surface area (Å²) in [5.74, 6) is -0.206. The molecule has 3 aliphatic rings. The minimum absolute atomic E-state index is 0.0767. The Bertz CT molecular complexity index is 425. The Balaban J connectivity index is 2.01. The molecule has 1 aliphatic carbocycles. The van der Waals surface area contributed by atoms with Crippen LogP contribution in [-0.2, 0) is 24.0 Å². The van der Waals surface area contributed by atoms with Crippen molar-refractivity contribution in [1.82, 2.24) is 0 Å². The highest BCUT2D eigenvalue weighted by Crippen LogP contribution is 2.52. The Morgan fingerprint density at radius 2 is 1.81 bits per heavy atom. The topological polar surface area (TPSA) is 54.0 Å². The summed E-state index contributed by atoms with van der Waals surface area (Å²) in [5.41, 5.74) is -0.464. The summed E-state index contributed by atoms with van der Waals surface area (Å²) in [6.45, 7) is 8.07. The van der Waals surface area contributed by atoms with Gasteiger partial charge in [0, 0.05) is 12.3 Å². The van der Waals surface area contributed by atoms with Crippen LogP contribution in [0.15, 0.2) is 0 Å². The van der Waals surface area contributed by atoms with E-state index in [-0.39, 0.29) is 24.6 Å². The molecule has 0 aromatic carbocycles. The van der Waals surface area contributed by atoms with E-state index in [1.165, 1.54) is 0 Å². The third-order valence-corrected chi connectivity index (χ3v) is 5.94. The first-order valence-corrected chi connectivity index (χ1v) is 8.03. The van der Waals surface area contributed by atoms with Crippen molar-refractivity contribution in [3.8, 4) is 0 Å². The Kier molecular flexibility index (Phi) is 3.79. The quantitative estimate of drug-likeness (QED) is 0.508. The number of carbonyl (C=O) groups is 1. The highest BCUT2D eigenvalue weighted by Gasteiger charge is 2.55. The number of cyclic esters (lactones) is 1. The van der Waals surface area contributed by atoms with Crippen molar-refractivity contribution in [3.05, 3.63) is 0 Å². The van der Waals surface area contributed by atoms with Gasteiger partial charge in [-0.3, -0.25) is 4.79 Å². The van der Waals surface area contributed by atoms with E-state index < -0.39 is 11.4 Å². The second-order valence-corrected chi connectivity index (χ2v) is 7.30. The summed E-state index contributed by atoms with van der Waals surface area (Å²) in [5, 5.41) is 0. The minimum atomic E-state index is -0.842. The highest BCUT2D eigenvalue weighted by molar-refractivity contribution is 5.72. The fraction of sp³-hybridized carbons (Fsp3) is 0.938. The first-order valence-electron chi connectivity index (χ1n) is 8.03. The van der Waals surface area contributed by atoms with Crippen molar-refractivity contribution < 1.29 is 24.0 Å². The van der Waals surface area contributed by atoms with Gasteiger partial charge >= 0.3 is 5.97 Å². The van der Waals surface area contributed by atoms with Gasteiger partial charge in [0.1, 0.15) is 5.60 Å². The number of rotatable bonds is 0. The molecule has 0 radical (unpaired) electrons. The molecule has 0 N–H and O–H groups in total. The molecule has 0 aromatic heterocycles. The van der Waals surface area contributed by atoms with Gasteiger partial charge in [0.05, 0.1) is 5.92 Å². The molecule has 5 nitrogen and oxygen atoms in total. The lowest BCUT2D eigenvalue weighted by atomic mass is 9.60. The van der Waals surface area contributed by atoms with E-state index in [1.54, 1.807) is 0 Å². The van der Waals surface area contributed by atoms with Crippen molar-refractivity contribution in [2.24, 2.45) is 23.7 Å². The normalized spacial score (nSPS) is 51.1. The van der Waals surface area contributed by atoms with Crippen molar-refractivity contribution in [2.45, 2.75) is 64.8 Å². The van der Waals surface area contributed by atoms with E-state index in [0.717, 1.165) is 25.7 Å². The third-order valence-electron chi connectivity index (χ3n) is 5.94. The first-order chi connectivity index (χ1) is 9.86. The van der Waals surface area contributed by atoms with E-state index in [9.17, 15) is 4.79 Å². The molecule has 2 aliphatic heterocycles. The number of ether oxygens (including phenoxy) is 2. The van der Waals surface area contributed by atoms with Gasteiger partial charge < -0.3 is 9.47 Å². The largest absolute Gasteiger partial charge is 0.438 e. The number of hydrogen-bond donors (Lipinski definition) is 0. The van der Waals surface area contributed by atoms with E-state index in [4.69, 9.17) is 19.2 Å². The molecule has 5 heteroatoms. The lowest BCUT2D eigenvalue weighted by molar-refractivity contribution is -0.474. The van der Waals surface area contributed by atoms with Crippen LogP contribution in [0.1, 0.15) is 53.4 Å². The zero-order chi connectivity index (χ0) is 15.3. The fourth-order valence-electron chi connectivity index (χ4n) is 4.45. The first kappa shape index (κ1) is 15.3. The van der Waals surface area contributed by atoms with Crippen molar-refractivity contribution in [1.29, 1.82) is 0 Å². The van der Waals surface area contributed by atoms with Crippen LogP contribution in [0.5, 0.6) is 0 Å².